The number of hydrogen-bond acceptors (Lipinski definition) is 4. The number of aromatic nitrogens is 1. The summed E-state index contributed by atoms with van der Waals surface area (Å²) in [6, 6.07) is 6.30. The van der Waals surface area contributed by atoms with Crippen molar-refractivity contribution in [3.8, 4) is 0 Å². The number of rotatable bonds is 8. The second-order valence-electron chi connectivity index (χ2n) is 9.34. The number of carbonyl (C=O) groups excluding carboxylic acids is 3. The van der Waals surface area contributed by atoms with Crippen LogP contribution in [-0.2, 0) is 25.5 Å². The van der Waals surface area contributed by atoms with Crippen LogP contribution in [0.15, 0.2) is 30.5 Å². The maximum Gasteiger partial charge on any atom is 0.328 e. The van der Waals surface area contributed by atoms with Crippen molar-refractivity contribution in [1.29, 1.82) is 0 Å². The first-order valence-electron chi connectivity index (χ1n) is 11.5. The number of fused-ring (bicyclic) bond motifs is 1. The summed E-state index contributed by atoms with van der Waals surface area (Å²) in [6.45, 7) is 5.90. The topological polar surface area (TPSA) is 100 Å². The van der Waals surface area contributed by atoms with E-state index in [0.29, 0.717) is 12.3 Å². The summed E-state index contributed by atoms with van der Waals surface area (Å²) >= 11 is 0. The maximum absolute atomic E-state index is 13.3. The average molecular weight is 442 g/mol. The molecule has 1 aromatic heterocycles. The quantitative estimate of drug-likeness (QED) is 0.547. The van der Waals surface area contributed by atoms with E-state index in [2.05, 4.69) is 22.5 Å². The number of amides is 2. The Morgan fingerprint density at radius 1 is 1.09 bits per heavy atom. The molecule has 174 valence electrons. The Balaban J connectivity index is 1.80. The summed E-state index contributed by atoms with van der Waals surface area (Å²) in [5.74, 6) is -0.544. The van der Waals surface area contributed by atoms with Crippen molar-refractivity contribution in [1.82, 2.24) is 15.6 Å². The smallest absolute Gasteiger partial charge is 0.328 e. The average Bonchev–Trinajstić information content (AvgIpc) is 3.19. The molecule has 0 bridgehead atoms. The Morgan fingerprint density at radius 3 is 2.44 bits per heavy atom. The minimum atomic E-state index is -0.785. The highest BCUT2D eigenvalue weighted by atomic mass is 16.5. The summed E-state index contributed by atoms with van der Waals surface area (Å²) in [4.78, 5) is 41.7. The van der Waals surface area contributed by atoms with E-state index in [0.717, 1.165) is 42.1 Å². The highest BCUT2D eigenvalue weighted by Crippen LogP contribution is 2.28. The van der Waals surface area contributed by atoms with Crippen LogP contribution in [-0.4, -0.2) is 42.0 Å². The highest BCUT2D eigenvalue weighted by Gasteiger charge is 2.32. The fraction of sp³-hybridized carbons (Fsp3) is 0.560. The lowest BCUT2D eigenvalue weighted by molar-refractivity contribution is -0.146. The van der Waals surface area contributed by atoms with E-state index in [4.69, 9.17) is 4.74 Å². The number of nitrogens with one attached hydrogen (secondary N) is 3. The van der Waals surface area contributed by atoms with Crippen LogP contribution in [0.25, 0.3) is 10.9 Å². The van der Waals surface area contributed by atoms with Crippen molar-refractivity contribution < 1.29 is 19.1 Å². The Labute approximate surface area is 189 Å². The van der Waals surface area contributed by atoms with Gasteiger partial charge in [-0.1, -0.05) is 39.0 Å². The van der Waals surface area contributed by atoms with E-state index in [9.17, 15) is 14.4 Å². The first-order valence-corrected chi connectivity index (χ1v) is 11.5. The minimum Gasteiger partial charge on any atom is -0.467 e. The van der Waals surface area contributed by atoms with Gasteiger partial charge in [0.05, 0.1) is 7.11 Å². The van der Waals surface area contributed by atoms with Gasteiger partial charge < -0.3 is 20.4 Å². The monoisotopic (exact) mass is 441 g/mol. The first-order chi connectivity index (χ1) is 15.3. The maximum atomic E-state index is 13.3. The van der Waals surface area contributed by atoms with Crippen molar-refractivity contribution in [3.05, 3.63) is 36.0 Å². The third-order valence-corrected chi connectivity index (χ3v) is 6.54. The molecule has 1 aromatic carbocycles. The molecular weight excluding hydrogens is 406 g/mol. The van der Waals surface area contributed by atoms with Crippen molar-refractivity contribution in [2.24, 2.45) is 17.8 Å². The number of methoxy groups -OCH3 is 1. The molecule has 7 nitrogen and oxygen atoms in total. The molecule has 1 heterocycles. The molecule has 1 saturated carbocycles. The number of hydrogen-bond donors (Lipinski definition) is 3. The zero-order valence-corrected chi connectivity index (χ0v) is 19.4. The molecule has 3 N–H and O–H groups in total. The summed E-state index contributed by atoms with van der Waals surface area (Å²) in [7, 11) is 1.30. The summed E-state index contributed by atoms with van der Waals surface area (Å²) in [6.07, 6.45) is 5.93. The van der Waals surface area contributed by atoms with Gasteiger partial charge in [0.2, 0.25) is 11.8 Å². The van der Waals surface area contributed by atoms with Crippen molar-refractivity contribution >= 4 is 28.7 Å². The summed E-state index contributed by atoms with van der Waals surface area (Å²) in [5.41, 5.74) is 1.92. The van der Waals surface area contributed by atoms with Crippen LogP contribution in [0.3, 0.4) is 0 Å². The van der Waals surface area contributed by atoms with Gasteiger partial charge in [-0.05, 0) is 49.1 Å². The van der Waals surface area contributed by atoms with Crippen molar-refractivity contribution in [2.75, 3.05) is 7.11 Å². The van der Waals surface area contributed by atoms with Crippen LogP contribution in [0, 0.1) is 17.8 Å². The predicted molar refractivity (Wildman–Crippen MR) is 124 cm³/mol. The molecule has 2 aromatic rings. The van der Waals surface area contributed by atoms with Crippen LogP contribution in [0.2, 0.25) is 0 Å². The highest BCUT2D eigenvalue weighted by molar-refractivity contribution is 5.92. The van der Waals surface area contributed by atoms with Crippen LogP contribution in [0.5, 0.6) is 0 Å². The number of para-hydroxylation sites is 1. The van der Waals surface area contributed by atoms with Gasteiger partial charge in [-0.15, -0.1) is 0 Å². The molecule has 3 rings (SSSR count). The molecule has 0 unspecified atom stereocenters. The molecule has 1 aliphatic carbocycles. The SMILES string of the molecule is COC(=O)[C@@H](NC(=O)[C@H](Cc1c[nH]c2ccccc12)NC(=O)C1CCC(C)CC1)C(C)C. The zero-order chi connectivity index (χ0) is 23.3. The number of benzene rings is 1. The molecule has 7 heteroatoms. The van der Waals surface area contributed by atoms with Gasteiger partial charge in [0.25, 0.3) is 0 Å². The fourth-order valence-corrected chi connectivity index (χ4v) is 4.42. The lowest BCUT2D eigenvalue weighted by Crippen LogP contribution is -2.55. The molecule has 2 amide bonds. The van der Waals surface area contributed by atoms with Gasteiger partial charge >= 0.3 is 5.97 Å². The van der Waals surface area contributed by atoms with Gasteiger partial charge in [0.15, 0.2) is 0 Å². The Morgan fingerprint density at radius 2 is 1.78 bits per heavy atom. The number of aromatic amines is 1. The van der Waals surface area contributed by atoms with E-state index in [-0.39, 0.29) is 23.7 Å². The second-order valence-corrected chi connectivity index (χ2v) is 9.34. The molecule has 1 aliphatic rings. The van der Waals surface area contributed by atoms with Gasteiger partial charge in [-0.3, -0.25) is 9.59 Å². The Bertz CT molecular complexity index is 944. The number of esters is 1. The number of H-pyrrole nitrogens is 1. The van der Waals surface area contributed by atoms with E-state index in [1.165, 1.54) is 7.11 Å². The van der Waals surface area contributed by atoms with Gasteiger partial charge in [0.1, 0.15) is 12.1 Å². The van der Waals surface area contributed by atoms with Gasteiger partial charge in [0, 0.05) is 29.4 Å². The second kappa shape index (κ2) is 10.7. The van der Waals surface area contributed by atoms with Crippen LogP contribution in [0.4, 0.5) is 0 Å². The molecule has 0 spiro atoms. The van der Waals surface area contributed by atoms with E-state index >= 15 is 0 Å². The number of carbonyl (C=O) groups is 3. The molecular formula is C25H35N3O4. The van der Waals surface area contributed by atoms with Gasteiger partial charge in [-0.2, -0.15) is 0 Å². The Kier molecular flexibility index (Phi) is 7.94. The number of ether oxygens (including phenoxy) is 1. The fourth-order valence-electron chi connectivity index (χ4n) is 4.42. The minimum absolute atomic E-state index is 0.0778. The lowest BCUT2D eigenvalue weighted by Gasteiger charge is -2.28. The van der Waals surface area contributed by atoms with Crippen molar-refractivity contribution in [3.63, 3.8) is 0 Å². The summed E-state index contributed by atoms with van der Waals surface area (Å²) < 4.78 is 4.86. The molecule has 32 heavy (non-hydrogen) atoms. The van der Waals surface area contributed by atoms with Crippen LogP contribution < -0.4 is 10.6 Å². The lowest BCUT2D eigenvalue weighted by atomic mass is 9.82. The van der Waals surface area contributed by atoms with E-state index in [1.54, 1.807) is 0 Å². The normalized spacial score (nSPS) is 20.5. The molecule has 1 fully saturated rings. The molecule has 0 saturated heterocycles. The molecule has 0 aliphatic heterocycles. The Hall–Kier alpha value is -2.83. The van der Waals surface area contributed by atoms with Crippen molar-refractivity contribution in [2.45, 2.75) is 65.0 Å². The van der Waals surface area contributed by atoms with Crippen LogP contribution in [0.1, 0.15) is 52.0 Å². The van der Waals surface area contributed by atoms with Gasteiger partial charge in [-0.25, -0.2) is 4.79 Å². The van der Waals surface area contributed by atoms with E-state index in [1.807, 2.05) is 44.3 Å². The molecule has 2 atom stereocenters. The van der Waals surface area contributed by atoms with E-state index < -0.39 is 18.1 Å². The molecule has 0 radical (unpaired) electrons. The predicted octanol–water partition coefficient (Wildman–Crippen LogP) is 3.34. The zero-order valence-electron chi connectivity index (χ0n) is 19.4. The third kappa shape index (κ3) is 5.69. The first kappa shape index (κ1) is 23.8. The van der Waals surface area contributed by atoms with Crippen LogP contribution >= 0.6 is 0 Å². The largest absolute Gasteiger partial charge is 0.467 e. The third-order valence-electron chi connectivity index (χ3n) is 6.54. The standard InChI is InChI=1S/C25H35N3O4/c1-15(2)22(25(31)32-4)28-24(30)21(27-23(29)17-11-9-16(3)10-12-17)13-18-14-26-20-8-6-5-7-19(18)20/h5-8,14-17,21-22,26H,9-13H2,1-4H3,(H,27,29)(H,28,30)/t16?,17?,21-,22-/m0/s1. The summed E-state index contributed by atoms with van der Waals surface area (Å²) in [5, 5.41) is 6.81.